The van der Waals surface area contributed by atoms with Crippen LogP contribution in [0.5, 0.6) is 5.75 Å². The lowest BCUT2D eigenvalue weighted by atomic mass is 10.1. The summed E-state index contributed by atoms with van der Waals surface area (Å²) in [5.74, 6) is -2.07. The molecule has 0 bridgehead atoms. The van der Waals surface area contributed by atoms with Gasteiger partial charge in [-0.15, -0.1) is 0 Å². The average molecular weight is 302 g/mol. The molecule has 0 heterocycles. The molecule has 0 aliphatic heterocycles. The molecule has 3 N–H and O–H groups in total. The highest BCUT2D eigenvalue weighted by Crippen LogP contribution is 2.23. The van der Waals surface area contributed by atoms with Crippen molar-refractivity contribution in [1.29, 1.82) is 0 Å². The largest absolute Gasteiger partial charge is 0.507 e. The van der Waals surface area contributed by atoms with Gasteiger partial charge in [-0.05, 0) is 30.2 Å². The van der Waals surface area contributed by atoms with Crippen LogP contribution in [0.3, 0.4) is 0 Å². The summed E-state index contributed by atoms with van der Waals surface area (Å²) in [7, 11) is 0. The number of carboxylic acid groups (broad SMARTS) is 2. The Kier molecular flexibility index (Phi) is 6.63. The number of hydrogen-bond acceptors (Lipinski definition) is 3. The molecule has 2 rings (SSSR count). The number of aryl methyl sites for hydroxylation is 1. The second kappa shape index (κ2) is 8.46. The monoisotopic (exact) mass is 302 g/mol. The first-order valence-electron chi connectivity index (χ1n) is 6.79. The lowest BCUT2D eigenvalue weighted by molar-refractivity contribution is 0.0684. The molecule has 2 aromatic carbocycles. The first-order valence-corrected chi connectivity index (χ1v) is 6.79. The normalized spacial score (nSPS) is 9.50. The summed E-state index contributed by atoms with van der Waals surface area (Å²) in [6.45, 7) is 1.98. The number of para-hydroxylation sites is 1. The molecule has 0 aliphatic rings. The van der Waals surface area contributed by atoms with Crippen molar-refractivity contribution in [2.24, 2.45) is 0 Å². The summed E-state index contributed by atoms with van der Waals surface area (Å²) in [5.41, 5.74) is 1.01. The van der Waals surface area contributed by atoms with Gasteiger partial charge in [0.1, 0.15) is 11.3 Å². The second-order valence-electron chi connectivity index (χ2n) is 4.54. The Morgan fingerprint density at radius 1 is 0.909 bits per heavy atom. The number of aromatic hydroxyl groups is 1. The Hall–Kier alpha value is -2.82. The van der Waals surface area contributed by atoms with E-state index in [0.29, 0.717) is 17.5 Å². The van der Waals surface area contributed by atoms with Crippen LogP contribution in [0, 0.1) is 0 Å². The first-order chi connectivity index (χ1) is 10.5. The molecule has 0 amide bonds. The van der Waals surface area contributed by atoms with E-state index >= 15 is 0 Å². The van der Waals surface area contributed by atoms with Crippen LogP contribution in [0.25, 0.3) is 0 Å². The Morgan fingerprint density at radius 2 is 1.55 bits per heavy atom. The highest BCUT2D eigenvalue weighted by Gasteiger charge is 2.11. The van der Waals surface area contributed by atoms with Crippen LogP contribution in [0.4, 0.5) is 0 Å². The molecule has 5 nitrogen and oxygen atoms in total. The third-order valence-corrected chi connectivity index (χ3v) is 2.89. The second-order valence-corrected chi connectivity index (χ2v) is 4.54. The van der Waals surface area contributed by atoms with Gasteiger partial charge in [-0.1, -0.05) is 43.7 Å². The molecule has 22 heavy (non-hydrogen) atoms. The van der Waals surface area contributed by atoms with Crippen molar-refractivity contribution < 1.29 is 24.9 Å². The van der Waals surface area contributed by atoms with Crippen LogP contribution in [-0.4, -0.2) is 27.3 Å². The molecule has 0 atom stereocenters. The van der Waals surface area contributed by atoms with Crippen molar-refractivity contribution in [2.45, 2.75) is 19.8 Å². The maximum Gasteiger partial charge on any atom is 0.339 e. The van der Waals surface area contributed by atoms with Crippen molar-refractivity contribution in [3.05, 3.63) is 65.2 Å². The smallest absolute Gasteiger partial charge is 0.339 e. The Bertz CT molecular complexity index is 635. The number of phenols is 1. The fourth-order valence-corrected chi connectivity index (χ4v) is 1.82. The van der Waals surface area contributed by atoms with Crippen LogP contribution < -0.4 is 0 Å². The third kappa shape index (κ3) is 4.94. The molecular formula is C17H18O5. The van der Waals surface area contributed by atoms with Gasteiger partial charge in [-0.25, -0.2) is 9.59 Å². The summed E-state index contributed by atoms with van der Waals surface area (Å²) in [6, 6.07) is 13.1. The van der Waals surface area contributed by atoms with Crippen molar-refractivity contribution in [3.8, 4) is 5.75 Å². The summed E-state index contributed by atoms with van der Waals surface area (Å²) < 4.78 is 0. The maximum absolute atomic E-state index is 10.6. The molecule has 2 aromatic rings. The average Bonchev–Trinajstić information content (AvgIpc) is 2.51. The van der Waals surface area contributed by atoms with E-state index in [1.54, 1.807) is 42.5 Å². The van der Waals surface area contributed by atoms with Crippen molar-refractivity contribution in [3.63, 3.8) is 0 Å². The molecule has 0 aromatic heterocycles. The van der Waals surface area contributed by atoms with Crippen LogP contribution in [0.2, 0.25) is 0 Å². The number of benzene rings is 2. The van der Waals surface area contributed by atoms with Gasteiger partial charge in [0.15, 0.2) is 0 Å². The molecule has 0 spiro atoms. The first kappa shape index (κ1) is 17.2. The minimum absolute atomic E-state index is 0.0223. The molecule has 0 radical (unpaired) electrons. The van der Waals surface area contributed by atoms with Crippen molar-refractivity contribution >= 4 is 11.9 Å². The Labute approximate surface area is 128 Å². The van der Waals surface area contributed by atoms with E-state index < -0.39 is 11.9 Å². The van der Waals surface area contributed by atoms with Crippen molar-refractivity contribution in [2.75, 3.05) is 0 Å². The fraction of sp³-hybridized carbons (Fsp3) is 0.176. The summed E-state index contributed by atoms with van der Waals surface area (Å²) in [5, 5.41) is 26.6. The third-order valence-electron chi connectivity index (χ3n) is 2.89. The standard InChI is InChI=1S/C10H12O3.C7H6O2/c1-2-4-7-5-3-6-8(9(7)11)10(12)13;8-7(9)6-4-2-1-3-5-6/h3,5-6,11H,2,4H2,1H3,(H,12,13);1-5H,(H,8,9). The summed E-state index contributed by atoms with van der Waals surface area (Å²) in [4.78, 5) is 20.8. The molecule has 0 fully saturated rings. The zero-order valence-electron chi connectivity index (χ0n) is 12.2. The van der Waals surface area contributed by atoms with Gasteiger partial charge in [0.2, 0.25) is 0 Å². The number of rotatable bonds is 4. The van der Waals surface area contributed by atoms with Crippen LogP contribution in [0.1, 0.15) is 39.6 Å². The topological polar surface area (TPSA) is 94.8 Å². The van der Waals surface area contributed by atoms with Gasteiger partial charge in [0, 0.05) is 0 Å². The van der Waals surface area contributed by atoms with Crippen LogP contribution in [-0.2, 0) is 6.42 Å². The molecule has 0 aliphatic carbocycles. The van der Waals surface area contributed by atoms with Gasteiger partial charge in [0.25, 0.3) is 0 Å². The van der Waals surface area contributed by atoms with E-state index in [-0.39, 0.29) is 11.3 Å². The Balaban J connectivity index is 0.000000235. The van der Waals surface area contributed by atoms with Crippen molar-refractivity contribution in [1.82, 2.24) is 0 Å². The maximum atomic E-state index is 10.6. The van der Waals surface area contributed by atoms with Gasteiger partial charge < -0.3 is 15.3 Å². The van der Waals surface area contributed by atoms with E-state index in [0.717, 1.165) is 6.42 Å². The van der Waals surface area contributed by atoms with Crippen LogP contribution in [0.15, 0.2) is 48.5 Å². The zero-order chi connectivity index (χ0) is 16.5. The lowest BCUT2D eigenvalue weighted by Gasteiger charge is -2.04. The number of hydrogen-bond donors (Lipinski definition) is 3. The number of carboxylic acids is 2. The predicted octanol–water partition coefficient (Wildman–Crippen LogP) is 3.43. The van der Waals surface area contributed by atoms with Gasteiger partial charge in [0.05, 0.1) is 5.56 Å². The molecule has 0 saturated carbocycles. The molecule has 5 heteroatoms. The van der Waals surface area contributed by atoms with Gasteiger partial charge >= 0.3 is 11.9 Å². The minimum Gasteiger partial charge on any atom is -0.507 e. The highest BCUT2D eigenvalue weighted by molar-refractivity contribution is 5.91. The zero-order valence-corrected chi connectivity index (χ0v) is 12.2. The fourth-order valence-electron chi connectivity index (χ4n) is 1.82. The number of carbonyl (C=O) groups is 2. The summed E-state index contributed by atoms with van der Waals surface area (Å²) >= 11 is 0. The van der Waals surface area contributed by atoms with E-state index in [1.165, 1.54) is 6.07 Å². The van der Waals surface area contributed by atoms with Gasteiger partial charge in [-0.3, -0.25) is 0 Å². The van der Waals surface area contributed by atoms with Crippen LogP contribution >= 0.6 is 0 Å². The highest BCUT2D eigenvalue weighted by atomic mass is 16.4. The van der Waals surface area contributed by atoms with E-state index in [9.17, 15) is 14.7 Å². The van der Waals surface area contributed by atoms with E-state index in [4.69, 9.17) is 10.2 Å². The molecular weight excluding hydrogens is 284 g/mol. The molecule has 116 valence electrons. The quantitative estimate of drug-likeness (QED) is 0.804. The SMILES string of the molecule is CCCc1cccc(C(=O)O)c1O.O=C(O)c1ccccc1. The summed E-state index contributed by atoms with van der Waals surface area (Å²) in [6.07, 6.45) is 1.59. The lowest BCUT2D eigenvalue weighted by Crippen LogP contribution is -1.98. The van der Waals surface area contributed by atoms with Gasteiger partial charge in [-0.2, -0.15) is 0 Å². The molecule has 0 unspecified atom stereocenters. The Morgan fingerprint density at radius 3 is 2.00 bits per heavy atom. The number of aromatic carboxylic acids is 2. The van der Waals surface area contributed by atoms with E-state index in [1.807, 2.05) is 6.92 Å². The molecule has 0 saturated heterocycles. The van der Waals surface area contributed by atoms with E-state index in [2.05, 4.69) is 0 Å². The predicted molar refractivity (Wildman–Crippen MR) is 82.5 cm³/mol. The minimum atomic E-state index is -1.09.